The van der Waals surface area contributed by atoms with E-state index in [0.29, 0.717) is 12.0 Å². The number of nitro benzene ring substituents is 1. The molecular formula is C13H15ClFNO2. The van der Waals surface area contributed by atoms with Crippen LogP contribution >= 0.6 is 11.6 Å². The first-order valence-electron chi connectivity index (χ1n) is 6.15. The Kier molecular flexibility index (Phi) is 4.17. The van der Waals surface area contributed by atoms with E-state index < -0.39 is 10.7 Å². The minimum absolute atomic E-state index is 0.00848. The summed E-state index contributed by atoms with van der Waals surface area (Å²) in [5.74, 6) is -0.224. The Balaban J connectivity index is 2.21. The lowest BCUT2D eigenvalue weighted by atomic mass is 9.84. The molecule has 1 fully saturated rings. The van der Waals surface area contributed by atoms with E-state index in [-0.39, 0.29) is 17.0 Å². The highest BCUT2D eigenvalue weighted by atomic mass is 35.5. The van der Waals surface area contributed by atoms with Crippen LogP contribution in [0.2, 0.25) is 0 Å². The number of halogens is 2. The molecule has 1 aliphatic rings. The van der Waals surface area contributed by atoms with Crippen molar-refractivity contribution >= 4 is 17.3 Å². The predicted molar refractivity (Wildman–Crippen MR) is 68.4 cm³/mol. The molecule has 98 valence electrons. The van der Waals surface area contributed by atoms with Crippen LogP contribution in [0.5, 0.6) is 0 Å². The number of alkyl halides is 1. The van der Waals surface area contributed by atoms with Gasteiger partial charge in [0.25, 0.3) is 5.69 Å². The quantitative estimate of drug-likeness (QED) is 0.472. The van der Waals surface area contributed by atoms with Gasteiger partial charge in [0, 0.05) is 17.0 Å². The molecule has 0 heterocycles. The second kappa shape index (κ2) is 5.65. The van der Waals surface area contributed by atoms with Crippen molar-refractivity contribution in [1.29, 1.82) is 0 Å². The summed E-state index contributed by atoms with van der Waals surface area (Å²) in [7, 11) is 0. The fraction of sp³-hybridized carbons (Fsp3) is 0.538. The molecule has 0 aliphatic heterocycles. The van der Waals surface area contributed by atoms with Crippen molar-refractivity contribution in [3.05, 3.63) is 39.7 Å². The number of hydrogen-bond donors (Lipinski definition) is 0. The Bertz CT molecular complexity index is 453. The number of nitro groups is 1. The van der Waals surface area contributed by atoms with Gasteiger partial charge in [0.1, 0.15) is 5.82 Å². The molecule has 2 rings (SSSR count). The van der Waals surface area contributed by atoms with Crippen LogP contribution in [0.15, 0.2) is 18.2 Å². The Hall–Kier alpha value is -1.16. The lowest BCUT2D eigenvalue weighted by molar-refractivity contribution is -0.385. The van der Waals surface area contributed by atoms with Crippen molar-refractivity contribution < 1.29 is 9.31 Å². The molecular weight excluding hydrogens is 257 g/mol. The highest BCUT2D eigenvalue weighted by Gasteiger charge is 2.26. The Morgan fingerprint density at radius 3 is 2.78 bits per heavy atom. The molecule has 2 unspecified atom stereocenters. The van der Waals surface area contributed by atoms with E-state index in [0.717, 1.165) is 31.7 Å². The van der Waals surface area contributed by atoms with Gasteiger partial charge in [-0.2, -0.15) is 0 Å². The second-order valence-corrected chi connectivity index (χ2v) is 5.36. The maximum absolute atomic E-state index is 13.2. The summed E-state index contributed by atoms with van der Waals surface area (Å²) in [4.78, 5) is 10.4. The molecule has 1 saturated carbocycles. The van der Waals surface area contributed by atoms with E-state index in [9.17, 15) is 14.5 Å². The van der Waals surface area contributed by atoms with Gasteiger partial charge >= 0.3 is 0 Å². The van der Waals surface area contributed by atoms with E-state index in [2.05, 4.69) is 0 Å². The average Bonchev–Trinajstić information content (AvgIpc) is 2.32. The largest absolute Gasteiger partial charge is 0.272 e. The number of benzene rings is 1. The normalized spacial score (nSPS) is 23.9. The minimum Gasteiger partial charge on any atom is -0.258 e. The number of hydrogen-bond acceptors (Lipinski definition) is 2. The lowest BCUT2D eigenvalue weighted by Crippen LogP contribution is -2.22. The molecule has 0 radical (unpaired) electrons. The number of nitrogens with zero attached hydrogens (tertiary/aromatic N) is 1. The molecule has 2 atom stereocenters. The van der Waals surface area contributed by atoms with Crippen LogP contribution < -0.4 is 0 Å². The first-order valence-corrected chi connectivity index (χ1v) is 6.58. The monoisotopic (exact) mass is 271 g/mol. The third-order valence-corrected chi connectivity index (χ3v) is 4.11. The van der Waals surface area contributed by atoms with Crippen molar-refractivity contribution in [3.63, 3.8) is 0 Å². The third kappa shape index (κ3) is 2.99. The second-order valence-electron chi connectivity index (χ2n) is 4.79. The first kappa shape index (κ1) is 13.3. The smallest absolute Gasteiger partial charge is 0.258 e. The number of rotatable bonds is 3. The summed E-state index contributed by atoms with van der Waals surface area (Å²) in [6, 6.07) is 3.62. The minimum atomic E-state index is -0.458. The van der Waals surface area contributed by atoms with Gasteiger partial charge in [-0.15, -0.1) is 11.6 Å². The van der Waals surface area contributed by atoms with Gasteiger partial charge in [-0.3, -0.25) is 10.1 Å². The highest BCUT2D eigenvalue weighted by Crippen LogP contribution is 2.33. The van der Waals surface area contributed by atoms with Gasteiger partial charge in [-0.1, -0.05) is 12.8 Å². The van der Waals surface area contributed by atoms with Crippen LogP contribution in [-0.4, -0.2) is 10.3 Å². The van der Waals surface area contributed by atoms with Gasteiger partial charge < -0.3 is 0 Å². The van der Waals surface area contributed by atoms with Crippen LogP contribution in [0.4, 0.5) is 10.1 Å². The van der Waals surface area contributed by atoms with E-state index in [4.69, 9.17) is 11.6 Å². The predicted octanol–water partition coefficient (Wildman–Crippen LogP) is 4.07. The van der Waals surface area contributed by atoms with Gasteiger partial charge in [-0.05, 0) is 37.3 Å². The Labute approximate surface area is 110 Å². The van der Waals surface area contributed by atoms with Crippen molar-refractivity contribution in [2.24, 2.45) is 5.92 Å². The average molecular weight is 272 g/mol. The summed E-state index contributed by atoms with van der Waals surface area (Å²) in [5.41, 5.74) is 0.448. The molecule has 1 aromatic carbocycles. The molecule has 5 heteroatoms. The zero-order valence-corrected chi connectivity index (χ0v) is 10.7. The molecule has 18 heavy (non-hydrogen) atoms. The van der Waals surface area contributed by atoms with Crippen molar-refractivity contribution in [2.75, 3.05) is 0 Å². The third-order valence-electron chi connectivity index (χ3n) is 3.54. The SMILES string of the molecule is O=[N+]([O-])c1ccc(F)cc1CC1CCCCC1Cl. The van der Waals surface area contributed by atoms with Crippen LogP contribution in [0.25, 0.3) is 0 Å². The summed E-state index contributed by atoms with van der Waals surface area (Å²) in [6.45, 7) is 0. The molecule has 0 spiro atoms. The Morgan fingerprint density at radius 2 is 2.11 bits per heavy atom. The van der Waals surface area contributed by atoms with E-state index in [1.165, 1.54) is 12.1 Å². The van der Waals surface area contributed by atoms with E-state index >= 15 is 0 Å². The zero-order valence-electron chi connectivity index (χ0n) is 9.94. The molecule has 0 bridgehead atoms. The maximum Gasteiger partial charge on any atom is 0.272 e. The first-order chi connectivity index (χ1) is 8.58. The van der Waals surface area contributed by atoms with Crippen molar-refractivity contribution in [1.82, 2.24) is 0 Å². The summed E-state index contributed by atoms with van der Waals surface area (Å²) in [5, 5.41) is 10.9. The van der Waals surface area contributed by atoms with Crippen LogP contribution in [0, 0.1) is 21.8 Å². The van der Waals surface area contributed by atoms with Crippen molar-refractivity contribution in [2.45, 2.75) is 37.5 Å². The summed E-state index contributed by atoms with van der Waals surface area (Å²) in [6.07, 6.45) is 4.59. The zero-order chi connectivity index (χ0) is 13.1. The van der Waals surface area contributed by atoms with E-state index in [1.807, 2.05) is 0 Å². The molecule has 1 aromatic rings. The molecule has 0 amide bonds. The Morgan fingerprint density at radius 1 is 1.39 bits per heavy atom. The van der Waals surface area contributed by atoms with Gasteiger partial charge in [0.05, 0.1) is 4.92 Å². The summed E-state index contributed by atoms with van der Waals surface area (Å²) < 4.78 is 13.2. The molecule has 3 nitrogen and oxygen atoms in total. The maximum atomic E-state index is 13.2. The molecule has 0 saturated heterocycles. The van der Waals surface area contributed by atoms with Crippen LogP contribution in [0.3, 0.4) is 0 Å². The van der Waals surface area contributed by atoms with Gasteiger partial charge in [0.2, 0.25) is 0 Å². The van der Waals surface area contributed by atoms with Crippen LogP contribution in [0.1, 0.15) is 31.2 Å². The standard InChI is InChI=1S/C13H15ClFNO2/c14-12-4-2-1-3-9(12)7-10-8-11(15)5-6-13(10)16(17)18/h5-6,8-9,12H,1-4,7H2. The fourth-order valence-corrected chi connectivity index (χ4v) is 2.94. The lowest BCUT2D eigenvalue weighted by Gasteiger charge is -2.26. The molecule has 0 aromatic heterocycles. The molecule has 1 aliphatic carbocycles. The molecule has 0 N–H and O–H groups in total. The fourth-order valence-electron chi connectivity index (χ4n) is 2.57. The summed E-state index contributed by atoms with van der Waals surface area (Å²) >= 11 is 6.24. The van der Waals surface area contributed by atoms with Crippen molar-refractivity contribution in [3.8, 4) is 0 Å². The van der Waals surface area contributed by atoms with Crippen LogP contribution in [-0.2, 0) is 6.42 Å². The topological polar surface area (TPSA) is 43.1 Å². The highest BCUT2D eigenvalue weighted by molar-refractivity contribution is 6.20. The van der Waals surface area contributed by atoms with Gasteiger partial charge in [-0.25, -0.2) is 4.39 Å². The van der Waals surface area contributed by atoms with Gasteiger partial charge in [0.15, 0.2) is 0 Å². The van der Waals surface area contributed by atoms with E-state index in [1.54, 1.807) is 0 Å².